The first-order valence-electron chi connectivity index (χ1n) is 11.1. The molecular formula is C25H29BrN4O4. The summed E-state index contributed by atoms with van der Waals surface area (Å²) in [5.41, 5.74) is 9.82. The average Bonchev–Trinajstić information content (AvgIpc) is 2.99. The molecule has 0 saturated heterocycles. The molecule has 9 heteroatoms. The summed E-state index contributed by atoms with van der Waals surface area (Å²) >= 11 is 3.56. The highest BCUT2D eigenvalue weighted by atomic mass is 79.9. The molecule has 3 N–H and O–H groups in total. The molecule has 1 aromatic heterocycles. The van der Waals surface area contributed by atoms with Crippen LogP contribution in [0.25, 0.3) is 22.2 Å². The van der Waals surface area contributed by atoms with Crippen LogP contribution in [0.1, 0.15) is 24.4 Å². The second-order valence-electron chi connectivity index (χ2n) is 8.70. The smallest absolute Gasteiger partial charge is 0.240 e. The first-order chi connectivity index (χ1) is 16.2. The molecular weight excluding hydrogens is 500 g/mol. The monoisotopic (exact) mass is 528 g/mol. The average molecular weight is 529 g/mol. The van der Waals surface area contributed by atoms with E-state index in [1.165, 1.54) is 0 Å². The molecule has 8 nitrogen and oxygen atoms in total. The van der Waals surface area contributed by atoms with Crippen LogP contribution in [0.3, 0.4) is 0 Å². The molecule has 0 saturated carbocycles. The summed E-state index contributed by atoms with van der Waals surface area (Å²) in [4.78, 5) is 27.8. The zero-order valence-corrected chi connectivity index (χ0v) is 21.4. The van der Waals surface area contributed by atoms with Gasteiger partial charge >= 0.3 is 0 Å². The molecule has 3 aromatic rings. The fourth-order valence-corrected chi connectivity index (χ4v) is 5.04. The molecule has 0 radical (unpaired) electrons. The largest absolute Gasteiger partial charge is 0.493 e. The molecule has 0 spiro atoms. The summed E-state index contributed by atoms with van der Waals surface area (Å²) in [6.07, 6.45) is 1.53. The lowest BCUT2D eigenvalue weighted by Crippen LogP contribution is -2.28. The third-order valence-corrected chi connectivity index (χ3v) is 6.68. The topological polar surface area (TPSA) is 98.8 Å². The lowest BCUT2D eigenvalue weighted by Gasteiger charge is -2.23. The van der Waals surface area contributed by atoms with Crippen molar-refractivity contribution in [3.05, 3.63) is 40.4 Å². The molecule has 180 valence electrons. The van der Waals surface area contributed by atoms with Gasteiger partial charge in [0.2, 0.25) is 11.8 Å². The lowest BCUT2D eigenvalue weighted by molar-refractivity contribution is -0.121. The van der Waals surface area contributed by atoms with Crippen molar-refractivity contribution < 1.29 is 19.1 Å². The van der Waals surface area contributed by atoms with Crippen molar-refractivity contribution in [2.75, 3.05) is 40.2 Å². The Morgan fingerprint density at radius 2 is 1.91 bits per heavy atom. The van der Waals surface area contributed by atoms with E-state index in [9.17, 15) is 9.59 Å². The maximum atomic E-state index is 12.9. The zero-order valence-electron chi connectivity index (χ0n) is 19.8. The minimum Gasteiger partial charge on any atom is -0.493 e. The number of methoxy groups -OCH3 is 2. The van der Waals surface area contributed by atoms with E-state index >= 15 is 0 Å². The van der Waals surface area contributed by atoms with Crippen molar-refractivity contribution in [2.24, 2.45) is 5.73 Å². The molecule has 0 bridgehead atoms. The third-order valence-electron chi connectivity index (χ3n) is 6.18. The van der Waals surface area contributed by atoms with Gasteiger partial charge in [0.25, 0.3) is 0 Å². The predicted octanol–water partition coefficient (Wildman–Crippen LogP) is 3.95. The summed E-state index contributed by atoms with van der Waals surface area (Å²) in [6, 6.07) is 8.91. The number of hydrogen-bond donors (Lipinski definition) is 2. The van der Waals surface area contributed by atoms with Crippen molar-refractivity contribution in [3.63, 3.8) is 0 Å². The van der Waals surface area contributed by atoms with Crippen LogP contribution in [-0.4, -0.2) is 56.1 Å². The van der Waals surface area contributed by atoms with E-state index in [-0.39, 0.29) is 12.3 Å². The van der Waals surface area contributed by atoms with Gasteiger partial charge in [0.05, 0.1) is 32.0 Å². The van der Waals surface area contributed by atoms with Crippen LogP contribution >= 0.6 is 15.9 Å². The van der Waals surface area contributed by atoms with Gasteiger partial charge < -0.3 is 30.0 Å². The third kappa shape index (κ3) is 4.37. The van der Waals surface area contributed by atoms with Crippen LogP contribution in [0, 0.1) is 0 Å². The first kappa shape index (κ1) is 24.1. The van der Waals surface area contributed by atoms with Gasteiger partial charge in [-0.15, -0.1) is 0 Å². The van der Waals surface area contributed by atoms with Crippen LogP contribution in [0.2, 0.25) is 0 Å². The summed E-state index contributed by atoms with van der Waals surface area (Å²) in [6.45, 7) is 0.832. The van der Waals surface area contributed by atoms with Crippen LogP contribution < -0.4 is 20.5 Å². The second-order valence-corrected chi connectivity index (χ2v) is 9.62. The number of anilines is 1. The number of nitrogens with one attached hydrogen (secondary N) is 1. The predicted molar refractivity (Wildman–Crippen MR) is 137 cm³/mol. The van der Waals surface area contributed by atoms with Crippen LogP contribution in [0.5, 0.6) is 11.5 Å². The first-order valence-corrected chi connectivity index (χ1v) is 11.9. The number of primary amides is 1. The maximum absolute atomic E-state index is 12.9. The molecule has 2 aromatic carbocycles. The Balaban J connectivity index is 2.04. The lowest BCUT2D eigenvalue weighted by atomic mass is 10.0. The highest BCUT2D eigenvalue weighted by molar-refractivity contribution is 9.10. The summed E-state index contributed by atoms with van der Waals surface area (Å²) in [5.74, 6) is 0.485. The number of aromatic nitrogens is 1. The molecule has 34 heavy (non-hydrogen) atoms. The van der Waals surface area contributed by atoms with E-state index in [0.29, 0.717) is 23.6 Å². The van der Waals surface area contributed by atoms with Crippen molar-refractivity contribution >= 4 is 44.3 Å². The Bertz CT molecular complexity index is 1270. The Morgan fingerprint density at radius 3 is 2.56 bits per heavy atom. The molecule has 2 heterocycles. The number of ether oxygens (including phenoxy) is 2. The van der Waals surface area contributed by atoms with E-state index in [2.05, 4.69) is 26.1 Å². The quantitative estimate of drug-likeness (QED) is 0.461. The number of nitrogens with two attached hydrogens (primary N) is 1. The Hall–Kier alpha value is -3.04. The molecule has 0 aliphatic carbocycles. The highest BCUT2D eigenvalue weighted by Crippen LogP contribution is 2.46. The van der Waals surface area contributed by atoms with E-state index in [1.54, 1.807) is 20.3 Å². The number of amides is 2. The number of carbonyl (C=O) groups is 2. The van der Waals surface area contributed by atoms with Gasteiger partial charge in [-0.3, -0.25) is 9.59 Å². The highest BCUT2D eigenvalue weighted by Gasteiger charge is 2.32. The van der Waals surface area contributed by atoms with Crippen LogP contribution in [0.15, 0.2) is 34.8 Å². The van der Waals surface area contributed by atoms with E-state index < -0.39 is 11.9 Å². The number of benzene rings is 2. The van der Waals surface area contributed by atoms with Gasteiger partial charge in [-0.25, -0.2) is 0 Å². The van der Waals surface area contributed by atoms with Gasteiger partial charge in [0.1, 0.15) is 6.04 Å². The van der Waals surface area contributed by atoms with E-state index in [4.69, 9.17) is 15.2 Å². The fourth-order valence-electron chi connectivity index (χ4n) is 4.68. The SMILES string of the molecule is COc1cc2c(cc1OC)-c1c(c3cc(Br)ccc3n1C(CCCN(C)C)C(N)=O)CC(=O)N2. The minimum atomic E-state index is -0.582. The summed E-state index contributed by atoms with van der Waals surface area (Å²) in [5, 5.41) is 3.90. The normalized spacial score (nSPS) is 13.8. The van der Waals surface area contributed by atoms with Crippen LogP contribution in [-0.2, 0) is 16.0 Å². The Morgan fingerprint density at radius 1 is 1.21 bits per heavy atom. The number of rotatable bonds is 8. The Labute approximate surface area is 207 Å². The second kappa shape index (κ2) is 9.68. The van der Waals surface area contributed by atoms with Crippen molar-refractivity contribution in [1.29, 1.82) is 0 Å². The fraction of sp³-hybridized carbons (Fsp3) is 0.360. The number of halogens is 1. The zero-order chi connectivity index (χ0) is 24.6. The van der Waals surface area contributed by atoms with E-state index in [0.717, 1.165) is 45.2 Å². The molecule has 2 amide bonds. The number of fused-ring (bicyclic) bond motifs is 5. The maximum Gasteiger partial charge on any atom is 0.240 e. The molecule has 1 aliphatic rings. The number of carbonyl (C=O) groups excluding carboxylic acids is 2. The molecule has 1 unspecified atom stereocenters. The van der Waals surface area contributed by atoms with Gasteiger partial charge in [0.15, 0.2) is 11.5 Å². The van der Waals surface area contributed by atoms with E-state index in [1.807, 2.05) is 42.9 Å². The molecule has 1 aliphatic heterocycles. The van der Waals surface area contributed by atoms with Gasteiger partial charge in [-0.05, 0) is 63.3 Å². The van der Waals surface area contributed by atoms with Gasteiger partial charge in [0, 0.05) is 27.0 Å². The summed E-state index contributed by atoms with van der Waals surface area (Å²) in [7, 11) is 7.12. The molecule has 1 atom stereocenters. The summed E-state index contributed by atoms with van der Waals surface area (Å²) < 4.78 is 13.9. The van der Waals surface area contributed by atoms with Crippen molar-refractivity contribution in [2.45, 2.75) is 25.3 Å². The molecule has 0 fully saturated rings. The van der Waals surface area contributed by atoms with Crippen LogP contribution in [0.4, 0.5) is 5.69 Å². The minimum absolute atomic E-state index is 0.144. The van der Waals surface area contributed by atoms with Crippen molar-refractivity contribution in [3.8, 4) is 22.8 Å². The van der Waals surface area contributed by atoms with Crippen molar-refractivity contribution in [1.82, 2.24) is 9.47 Å². The number of nitrogens with zero attached hydrogens (tertiary/aromatic N) is 2. The standard InChI is InChI=1S/C25H29BrN4O4/c1-29(2)9-5-6-20(25(27)32)30-19-8-7-14(26)10-15(19)16-12-23(31)28-18-13-22(34-4)21(33-3)11-17(18)24(16)30/h7-8,10-11,13,20H,5-6,9,12H2,1-4H3,(H2,27,32)(H,28,31). The molecule has 4 rings (SSSR count). The number of hydrogen-bond acceptors (Lipinski definition) is 5. The van der Waals surface area contributed by atoms with Gasteiger partial charge in [-0.2, -0.15) is 0 Å². The van der Waals surface area contributed by atoms with Gasteiger partial charge in [-0.1, -0.05) is 15.9 Å². The Kier molecular flexibility index (Phi) is 6.86.